The van der Waals surface area contributed by atoms with Crippen LogP contribution in [0.2, 0.25) is 5.02 Å². The van der Waals surface area contributed by atoms with Crippen molar-refractivity contribution in [3.05, 3.63) is 58.6 Å². The van der Waals surface area contributed by atoms with Crippen molar-refractivity contribution in [2.75, 3.05) is 20.3 Å². The molecule has 0 unspecified atom stereocenters. The van der Waals surface area contributed by atoms with Crippen LogP contribution in [-0.4, -0.2) is 32.1 Å². The number of nitrogens with one attached hydrogen (secondary N) is 2. The highest BCUT2D eigenvalue weighted by molar-refractivity contribution is 6.32. The first-order valence-electron chi connectivity index (χ1n) is 8.64. The van der Waals surface area contributed by atoms with Crippen molar-refractivity contribution < 1.29 is 19.1 Å². The van der Waals surface area contributed by atoms with Crippen LogP contribution in [0.3, 0.4) is 0 Å². The van der Waals surface area contributed by atoms with E-state index >= 15 is 0 Å². The van der Waals surface area contributed by atoms with Gasteiger partial charge in [0.1, 0.15) is 0 Å². The molecule has 27 heavy (non-hydrogen) atoms. The fourth-order valence-electron chi connectivity index (χ4n) is 2.41. The fraction of sp³-hybridized carbons (Fsp3) is 0.300. The van der Waals surface area contributed by atoms with E-state index in [9.17, 15) is 9.59 Å². The van der Waals surface area contributed by atoms with Crippen LogP contribution in [0.1, 0.15) is 29.3 Å². The predicted molar refractivity (Wildman–Crippen MR) is 104 cm³/mol. The van der Waals surface area contributed by atoms with Crippen LogP contribution in [-0.2, 0) is 11.3 Å². The number of methoxy groups -OCH3 is 1. The number of carbonyl (C=O) groups excluding carboxylic acids is 2. The number of rotatable bonds is 9. The van der Waals surface area contributed by atoms with Gasteiger partial charge in [-0.25, -0.2) is 0 Å². The fourth-order valence-corrected chi connectivity index (χ4v) is 2.68. The summed E-state index contributed by atoms with van der Waals surface area (Å²) < 4.78 is 10.7. The Hall–Kier alpha value is -2.73. The Balaban J connectivity index is 1.84. The minimum atomic E-state index is -0.339. The van der Waals surface area contributed by atoms with Crippen molar-refractivity contribution in [3.63, 3.8) is 0 Å². The molecule has 2 aromatic carbocycles. The molecular weight excluding hydrogens is 368 g/mol. The van der Waals surface area contributed by atoms with Crippen LogP contribution in [0.4, 0.5) is 0 Å². The largest absolute Gasteiger partial charge is 0.493 e. The Bertz CT molecular complexity index is 781. The predicted octanol–water partition coefficient (Wildman–Crippen LogP) is 3.18. The summed E-state index contributed by atoms with van der Waals surface area (Å²) in [6.07, 6.45) is 0.181. The van der Waals surface area contributed by atoms with E-state index in [4.69, 9.17) is 21.1 Å². The molecule has 0 spiro atoms. The highest BCUT2D eigenvalue weighted by atomic mass is 35.5. The molecule has 7 heteroatoms. The molecule has 2 aromatic rings. The van der Waals surface area contributed by atoms with E-state index in [1.807, 2.05) is 37.3 Å². The quantitative estimate of drug-likeness (QED) is 0.689. The molecule has 0 saturated heterocycles. The van der Waals surface area contributed by atoms with E-state index in [2.05, 4.69) is 10.6 Å². The van der Waals surface area contributed by atoms with Gasteiger partial charge in [0.15, 0.2) is 11.5 Å². The molecule has 0 bridgehead atoms. The molecule has 0 aliphatic rings. The average Bonchev–Trinajstić information content (AvgIpc) is 2.68. The Kier molecular flexibility index (Phi) is 7.95. The molecule has 0 saturated carbocycles. The Morgan fingerprint density at radius 2 is 1.85 bits per heavy atom. The molecule has 0 aliphatic heterocycles. The van der Waals surface area contributed by atoms with Crippen molar-refractivity contribution >= 4 is 23.4 Å². The zero-order chi connectivity index (χ0) is 19.6. The first kappa shape index (κ1) is 20.6. The van der Waals surface area contributed by atoms with E-state index < -0.39 is 0 Å². The Morgan fingerprint density at radius 1 is 1.11 bits per heavy atom. The molecule has 0 fully saturated rings. The molecular formula is C20H23ClN2O4. The van der Waals surface area contributed by atoms with Crippen LogP contribution < -0.4 is 20.1 Å². The van der Waals surface area contributed by atoms with Crippen molar-refractivity contribution in [1.82, 2.24) is 10.6 Å². The molecule has 0 radical (unpaired) electrons. The molecule has 0 aromatic heterocycles. The third-order valence-corrected chi connectivity index (χ3v) is 4.03. The molecule has 144 valence electrons. The van der Waals surface area contributed by atoms with Crippen LogP contribution in [0, 0.1) is 0 Å². The van der Waals surface area contributed by atoms with Gasteiger partial charge in [-0.15, -0.1) is 0 Å². The third-order valence-electron chi connectivity index (χ3n) is 3.75. The molecule has 0 aliphatic carbocycles. The van der Waals surface area contributed by atoms with E-state index in [0.717, 1.165) is 5.56 Å². The van der Waals surface area contributed by atoms with E-state index in [-0.39, 0.29) is 24.8 Å². The second kappa shape index (κ2) is 10.4. The monoisotopic (exact) mass is 390 g/mol. The smallest absolute Gasteiger partial charge is 0.251 e. The standard InChI is InChI=1S/C20H23ClN2O4/c1-3-27-19-16(21)11-15(12-17(19)26-2)20(25)22-10-9-18(24)23-13-14-7-5-4-6-8-14/h4-8,11-12H,3,9-10,13H2,1-2H3,(H,22,25)(H,23,24). The van der Waals surface area contributed by atoms with Crippen molar-refractivity contribution in [2.45, 2.75) is 19.9 Å². The van der Waals surface area contributed by atoms with E-state index in [1.165, 1.54) is 13.2 Å². The number of ether oxygens (including phenoxy) is 2. The van der Waals surface area contributed by atoms with Crippen molar-refractivity contribution in [3.8, 4) is 11.5 Å². The summed E-state index contributed by atoms with van der Waals surface area (Å²) in [5.41, 5.74) is 1.36. The van der Waals surface area contributed by atoms with Gasteiger partial charge in [0.05, 0.1) is 18.7 Å². The molecule has 2 amide bonds. The highest BCUT2D eigenvalue weighted by Gasteiger charge is 2.15. The van der Waals surface area contributed by atoms with Gasteiger partial charge in [-0.3, -0.25) is 9.59 Å². The molecule has 0 atom stereocenters. The van der Waals surface area contributed by atoms with E-state index in [1.54, 1.807) is 6.07 Å². The van der Waals surface area contributed by atoms with Gasteiger partial charge in [-0.1, -0.05) is 41.9 Å². The zero-order valence-corrected chi connectivity index (χ0v) is 16.1. The minimum Gasteiger partial charge on any atom is -0.493 e. The number of amides is 2. The maximum absolute atomic E-state index is 12.3. The van der Waals surface area contributed by atoms with Crippen molar-refractivity contribution in [2.24, 2.45) is 0 Å². The minimum absolute atomic E-state index is 0.138. The molecule has 2 N–H and O–H groups in total. The zero-order valence-electron chi connectivity index (χ0n) is 15.4. The summed E-state index contributed by atoms with van der Waals surface area (Å²) >= 11 is 6.17. The molecule has 0 heterocycles. The lowest BCUT2D eigenvalue weighted by Gasteiger charge is -2.13. The number of carbonyl (C=O) groups is 2. The first-order chi connectivity index (χ1) is 13.0. The van der Waals surface area contributed by atoms with Gasteiger partial charge >= 0.3 is 0 Å². The second-order valence-corrected chi connectivity index (χ2v) is 6.10. The summed E-state index contributed by atoms with van der Waals surface area (Å²) in [6, 6.07) is 12.7. The topological polar surface area (TPSA) is 76.7 Å². The number of benzene rings is 2. The van der Waals surface area contributed by atoms with Gasteiger partial charge in [0.2, 0.25) is 5.91 Å². The number of halogens is 1. The van der Waals surface area contributed by atoms with Crippen molar-refractivity contribution in [1.29, 1.82) is 0 Å². The van der Waals surface area contributed by atoms with Crippen LogP contribution in [0.15, 0.2) is 42.5 Å². The first-order valence-corrected chi connectivity index (χ1v) is 9.02. The summed E-state index contributed by atoms with van der Waals surface area (Å²) in [7, 11) is 1.48. The lowest BCUT2D eigenvalue weighted by atomic mass is 10.2. The van der Waals surface area contributed by atoms with Gasteiger partial charge in [-0.2, -0.15) is 0 Å². The summed E-state index contributed by atoms with van der Waals surface area (Å²) in [6.45, 7) is 2.94. The molecule has 6 nitrogen and oxygen atoms in total. The summed E-state index contributed by atoms with van der Waals surface area (Å²) in [5, 5.41) is 5.81. The maximum atomic E-state index is 12.3. The Morgan fingerprint density at radius 3 is 2.52 bits per heavy atom. The lowest BCUT2D eigenvalue weighted by molar-refractivity contribution is -0.121. The average molecular weight is 391 g/mol. The third kappa shape index (κ3) is 6.18. The summed E-state index contributed by atoms with van der Waals surface area (Å²) in [4.78, 5) is 24.2. The molecule has 2 rings (SSSR count). The van der Waals surface area contributed by atoms with Gasteiger partial charge < -0.3 is 20.1 Å². The van der Waals surface area contributed by atoms with Gasteiger partial charge in [0.25, 0.3) is 5.91 Å². The maximum Gasteiger partial charge on any atom is 0.251 e. The summed E-state index contributed by atoms with van der Waals surface area (Å²) in [5.74, 6) is 0.309. The SMILES string of the molecule is CCOc1c(Cl)cc(C(=O)NCCC(=O)NCc2ccccc2)cc1OC. The van der Waals surface area contributed by atoms with Crippen LogP contribution in [0.25, 0.3) is 0 Å². The lowest BCUT2D eigenvalue weighted by Crippen LogP contribution is -2.30. The van der Waals surface area contributed by atoms with Crippen LogP contribution >= 0.6 is 11.6 Å². The van der Waals surface area contributed by atoms with Gasteiger partial charge in [-0.05, 0) is 24.6 Å². The normalized spacial score (nSPS) is 10.2. The highest BCUT2D eigenvalue weighted by Crippen LogP contribution is 2.36. The van der Waals surface area contributed by atoms with Gasteiger partial charge in [0, 0.05) is 25.1 Å². The second-order valence-electron chi connectivity index (χ2n) is 5.69. The Labute approximate surface area is 163 Å². The number of hydrogen-bond acceptors (Lipinski definition) is 4. The number of hydrogen-bond donors (Lipinski definition) is 2. The van der Waals surface area contributed by atoms with Crippen LogP contribution in [0.5, 0.6) is 11.5 Å². The van der Waals surface area contributed by atoms with E-state index in [0.29, 0.717) is 35.2 Å².